The van der Waals surface area contributed by atoms with Crippen LogP contribution in [-0.2, 0) is 9.59 Å². The lowest BCUT2D eigenvalue weighted by atomic mass is 9.81. The predicted octanol–water partition coefficient (Wildman–Crippen LogP) is 2.58. The molecule has 2 N–H and O–H groups in total. The molecule has 2 aliphatic heterocycles. The van der Waals surface area contributed by atoms with Crippen molar-refractivity contribution in [2.24, 2.45) is 11.3 Å². The summed E-state index contributed by atoms with van der Waals surface area (Å²) in [5, 5.41) is 6.40. The zero-order valence-corrected chi connectivity index (χ0v) is 16.7. The van der Waals surface area contributed by atoms with Gasteiger partial charge in [-0.15, -0.1) is 12.4 Å². The second-order valence-corrected chi connectivity index (χ2v) is 7.96. The monoisotopic (exact) mass is 379 g/mol. The van der Waals surface area contributed by atoms with E-state index in [1.165, 1.54) is 0 Å². The summed E-state index contributed by atoms with van der Waals surface area (Å²) in [5.41, 5.74) is 3.31. The third kappa shape index (κ3) is 4.57. The van der Waals surface area contributed by atoms with Gasteiger partial charge in [0.1, 0.15) is 5.92 Å². The Kier molecular flexibility index (Phi) is 6.69. The number of aryl methyl sites for hydroxylation is 2. The van der Waals surface area contributed by atoms with Crippen LogP contribution in [0.25, 0.3) is 0 Å². The Labute approximate surface area is 162 Å². The summed E-state index contributed by atoms with van der Waals surface area (Å²) in [5.74, 6) is -0.735. The molecule has 5 nitrogen and oxygen atoms in total. The Morgan fingerprint density at radius 1 is 1.23 bits per heavy atom. The molecule has 2 amide bonds. The summed E-state index contributed by atoms with van der Waals surface area (Å²) in [6, 6.07) is 6.12. The van der Waals surface area contributed by atoms with Gasteiger partial charge >= 0.3 is 0 Å². The molecular formula is C20H30ClN3O2. The lowest BCUT2D eigenvalue weighted by Crippen LogP contribution is -2.45. The Morgan fingerprint density at radius 3 is 2.46 bits per heavy atom. The molecule has 0 bridgehead atoms. The molecular weight excluding hydrogens is 350 g/mol. The first-order valence-corrected chi connectivity index (χ1v) is 9.26. The number of nitrogens with one attached hydrogen (secondary N) is 2. The van der Waals surface area contributed by atoms with Crippen LogP contribution in [0.2, 0.25) is 0 Å². The standard InChI is InChI=1S/C20H29N3O2.ClH/c1-14-10-15(2)12-16(11-14)23-9-4-17(19(23)25)18(24)22-13-20(3)5-7-21-8-6-20;/h10-12,17,21H,4-9,13H2,1-3H3,(H,22,24);1H. The van der Waals surface area contributed by atoms with E-state index >= 15 is 0 Å². The van der Waals surface area contributed by atoms with E-state index in [0.29, 0.717) is 19.5 Å². The Balaban J connectivity index is 0.00000243. The number of nitrogens with zero attached hydrogens (tertiary/aromatic N) is 1. The van der Waals surface area contributed by atoms with Crippen LogP contribution >= 0.6 is 12.4 Å². The number of carbonyl (C=O) groups is 2. The summed E-state index contributed by atoms with van der Waals surface area (Å²) in [7, 11) is 0. The first-order chi connectivity index (χ1) is 11.9. The molecule has 2 fully saturated rings. The SMILES string of the molecule is Cc1cc(C)cc(N2CCC(C(=O)NCC3(C)CCNCC3)C2=O)c1.Cl. The molecule has 0 aliphatic carbocycles. The second-order valence-electron chi connectivity index (χ2n) is 7.96. The van der Waals surface area contributed by atoms with Crippen molar-refractivity contribution in [2.45, 2.75) is 40.0 Å². The summed E-state index contributed by atoms with van der Waals surface area (Å²) < 4.78 is 0. The van der Waals surface area contributed by atoms with Gasteiger partial charge < -0.3 is 15.5 Å². The molecule has 0 aromatic heterocycles. The van der Waals surface area contributed by atoms with E-state index in [4.69, 9.17) is 0 Å². The average Bonchev–Trinajstić information content (AvgIpc) is 2.94. The van der Waals surface area contributed by atoms with E-state index in [1.54, 1.807) is 4.90 Å². The highest BCUT2D eigenvalue weighted by molar-refractivity contribution is 6.09. The fraction of sp³-hybridized carbons (Fsp3) is 0.600. The number of anilines is 1. The highest BCUT2D eigenvalue weighted by Crippen LogP contribution is 2.29. The van der Waals surface area contributed by atoms with Gasteiger partial charge in [-0.05, 0) is 74.9 Å². The highest BCUT2D eigenvalue weighted by Gasteiger charge is 2.38. The van der Waals surface area contributed by atoms with Crippen molar-refractivity contribution in [1.82, 2.24) is 10.6 Å². The summed E-state index contributed by atoms with van der Waals surface area (Å²) in [6.45, 7) is 9.53. The van der Waals surface area contributed by atoms with Crippen LogP contribution in [0.5, 0.6) is 0 Å². The van der Waals surface area contributed by atoms with Crippen LogP contribution < -0.4 is 15.5 Å². The largest absolute Gasteiger partial charge is 0.355 e. The van der Waals surface area contributed by atoms with Crippen molar-refractivity contribution < 1.29 is 9.59 Å². The van der Waals surface area contributed by atoms with Gasteiger partial charge in [-0.3, -0.25) is 9.59 Å². The number of halogens is 1. The molecule has 0 spiro atoms. The van der Waals surface area contributed by atoms with E-state index in [2.05, 4.69) is 23.6 Å². The number of hydrogen-bond acceptors (Lipinski definition) is 3. The van der Waals surface area contributed by atoms with Gasteiger partial charge in [0.15, 0.2) is 0 Å². The Hall–Kier alpha value is -1.59. The van der Waals surface area contributed by atoms with Crippen LogP contribution in [0.4, 0.5) is 5.69 Å². The van der Waals surface area contributed by atoms with Gasteiger partial charge in [0.2, 0.25) is 11.8 Å². The highest BCUT2D eigenvalue weighted by atomic mass is 35.5. The number of piperidine rings is 1. The van der Waals surface area contributed by atoms with Gasteiger partial charge in [0.25, 0.3) is 0 Å². The van der Waals surface area contributed by atoms with E-state index in [1.807, 2.05) is 26.0 Å². The smallest absolute Gasteiger partial charge is 0.239 e. The topological polar surface area (TPSA) is 61.4 Å². The lowest BCUT2D eigenvalue weighted by molar-refractivity contribution is -0.132. The minimum absolute atomic E-state index is 0. The van der Waals surface area contributed by atoms with Crippen LogP contribution in [0.15, 0.2) is 18.2 Å². The molecule has 1 aromatic rings. The lowest BCUT2D eigenvalue weighted by Gasteiger charge is -2.34. The summed E-state index contributed by atoms with van der Waals surface area (Å²) >= 11 is 0. The van der Waals surface area contributed by atoms with Gasteiger partial charge in [-0.1, -0.05) is 13.0 Å². The molecule has 144 valence electrons. The molecule has 1 aromatic carbocycles. The van der Waals surface area contributed by atoms with Crippen molar-refractivity contribution in [2.75, 3.05) is 31.1 Å². The van der Waals surface area contributed by atoms with Crippen molar-refractivity contribution in [3.63, 3.8) is 0 Å². The van der Waals surface area contributed by atoms with Gasteiger partial charge in [0.05, 0.1) is 0 Å². The number of rotatable bonds is 4. The molecule has 2 heterocycles. The van der Waals surface area contributed by atoms with Crippen molar-refractivity contribution in [1.29, 1.82) is 0 Å². The maximum Gasteiger partial charge on any atom is 0.239 e. The van der Waals surface area contributed by atoms with E-state index in [9.17, 15) is 9.59 Å². The first-order valence-electron chi connectivity index (χ1n) is 9.26. The Morgan fingerprint density at radius 2 is 1.85 bits per heavy atom. The van der Waals surface area contributed by atoms with E-state index in [-0.39, 0.29) is 29.6 Å². The van der Waals surface area contributed by atoms with Crippen LogP contribution in [0.1, 0.15) is 37.3 Å². The van der Waals surface area contributed by atoms with Crippen LogP contribution in [0.3, 0.4) is 0 Å². The fourth-order valence-corrected chi connectivity index (χ4v) is 3.92. The molecule has 26 heavy (non-hydrogen) atoms. The Bertz CT molecular complexity index is 651. The number of benzene rings is 1. The minimum Gasteiger partial charge on any atom is -0.355 e. The molecule has 0 saturated carbocycles. The number of carbonyl (C=O) groups excluding carboxylic acids is 2. The summed E-state index contributed by atoms with van der Waals surface area (Å²) in [6.07, 6.45) is 2.71. The maximum atomic E-state index is 12.8. The minimum atomic E-state index is -0.550. The molecule has 6 heteroatoms. The molecule has 2 aliphatic rings. The predicted molar refractivity (Wildman–Crippen MR) is 107 cm³/mol. The third-order valence-corrected chi connectivity index (χ3v) is 5.54. The van der Waals surface area contributed by atoms with Gasteiger partial charge in [-0.25, -0.2) is 0 Å². The first kappa shape index (κ1) is 20.7. The maximum absolute atomic E-state index is 12.8. The quantitative estimate of drug-likeness (QED) is 0.790. The van der Waals surface area contributed by atoms with Crippen molar-refractivity contribution >= 4 is 29.9 Å². The van der Waals surface area contributed by atoms with E-state index < -0.39 is 5.92 Å². The van der Waals surface area contributed by atoms with Crippen molar-refractivity contribution in [3.05, 3.63) is 29.3 Å². The zero-order valence-electron chi connectivity index (χ0n) is 15.9. The third-order valence-electron chi connectivity index (χ3n) is 5.54. The van der Waals surface area contributed by atoms with Crippen LogP contribution in [0, 0.1) is 25.2 Å². The molecule has 1 atom stereocenters. The molecule has 3 rings (SSSR count). The van der Waals surface area contributed by atoms with Crippen LogP contribution in [-0.4, -0.2) is 38.0 Å². The number of amides is 2. The fourth-order valence-electron chi connectivity index (χ4n) is 3.92. The van der Waals surface area contributed by atoms with Gasteiger partial charge in [0, 0.05) is 18.8 Å². The molecule has 0 radical (unpaired) electrons. The zero-order chi connectivity index (χ0) is 18.0. The normalized spacial score (nSPS) is 22.0. The average molecular weight is 380 g/mol. The summed E-state index contributed by atoms with van der Waals surface area (Å²) in [4.78, 5) is 27.1. The second kappa shape index (κ2) is 8.40. The van der Waals surface area contributed by atoms with Crippen molar-refractivity contribution in [3.8, 4) is 0 Å². The van der Waals surface area contributed by atoms with E-state index in [0.717, 1.165) is 42.7 Å². The molecule has 1 unspecified atom stereocenters. The number of hydrogen-bond donors (Lipinski definition) is 2. The van der Waals surface area contributed by atoms with Gasteiger partial charge in [-0.2, -0.15) is 0 Å². The molecule has 2 saturated heterocycles.